The van der Waals surface area contributed by atoms with E-state index in [0.717, 1.165) is 49.0 Å². The van der Waals surface area contributed by atoms with Gasteiger partial charge in [-0.3, -0.25) is 19.8 Å². The molecule has 2 amide bonds. The van der Waals surface area contributed by atoms with Gasteiger partial charge >= 0.3 is 18.1 Å². The van der Waals surface area contributed by atoms with Crippen molar-refractivity contribution >= 4 is 29.6 Å². The van der Waals surface area contributed by atoms with Gasteiger partial charge < -0.3 is 21.1 Å². The van der Waals surface area contributed by atoms with E-state index in [1.54, 1.807) is 24.3 Å². The van der Waals surface area contributed by atoms with E-state index in [1.807, 2.05) is 0 Å². The number of hydrogen-bond donors (Lipinski definition) is 4. The van der Waals surface area contributed by atoms with Gasteiger partial charge in [-0.25, -0.2) is 4.79 Å². The Kier molecular flexibility index (Phi) is 9.93. The van der Waals surface area contributed by atoms with Crippen LogP contribution in [0.25, 0.3) is 0 Å². The molecule has 1 aromatic carbocycles. The van der Waals surface area contributed by atoms with Crippen molar-refractivity contribution in [1.29, 1.82) is 5.41 Å². The lowest BCUT2D eigenvalue weighted by Crippen LogP contribution is -2.46. The molecular formula is C30H39F3N4O5. The first kappa shape index (κ1) is 31.5. The third kappa shape index (κ3) is 8.78. The van der Waals surface area contributed by atoms with Crippen molar-refractivity contribution < 1.29 is 37.1 Å². The standard InChI is InChI=1S/C30H39F3N4O5/c31-30(32,33)28(41)42-26(40)14-23(2-1-9-36-25(39)13-18-3-5-22(6-4-18)27(34)35)37-24(38)7-8-29-15-19-10-20(16-29)12-21(11-19)17-29/h3-6,19-21,23H,1-2,7-17H2,(H3,34,35)(H,36,39)(H,37,38)/t19?,20?,21?,23-,29?/m0/s1. The zero-order valence-electron chi connectivity index (χ0n) is 23.6. The third-order valence-corrected chi connectivity index (χ3v) is 8.94. The number of nitrogens with two attached hydrogens (primary N) is 1. The lowest BCUT2D eigenvalue weighted by molar-refractivity contribution is -0.202. The number of rotatable bonds is 13. The number of alkyl halides is 3. The van der Waals surface area contributed by atoms with Crippen LogP contribution in [-0.4, -0.2) is 48.4 Å². The van der Waals surface area contributed by atoms with Gasteiger partial charge in [0.05, 0.1) is 12.8 Å². The number of amides is 2. The maximum atomic E-state index is 12.9. The minimum Gasteiger partial charge on any atom is -0.386 e. The number of ether oxygens (including phenoxy) is 1. The summed E-state index contributed by atoms with van der Waals surface area (Å²) in [5.74, 6) is -2.38. The second kappa shape index (κ2) is 13.2. The average Bonchev–Trinajstić information content (AvgIpc) is 2.89. The maximum Gasteiger partial charge on any atom is 0.491 e. The molecule has 42 heavy (non-hydrogen) atoms. The van der Waals surface area contributed by atoms with Crippen molar-refractivity contribution in [2.75, 3.05) is 6.54 Å². The molecule has 5 rings (SSSR count). The Morgan fingerprint density at radius 2 is 1.60 bits per heavy atom. The van der Waals surface area contributed by atoms with Crippen LogP contribution in [0.3, 0.4) is 0 Å². The molecule has 0 aromatic heterocycles. The molecule has 0 radical (unpaired) electrons. The highest BCUT2D eigenvalue weighted by Gasteiger charge is 2.50. The molecule has 0 saturated heterocycles. The molecule has 9 nitrogen and oxygen atoms in total. The van der Waals surface area contributed by atoms with Gasteiger partial charge in [0.1, 0.15) is 5.84 Å². The number of carbonyl (C=O) groups excluding carboxylic acids is 4. The van der Waals surface area contributed by atoms with Crippen LogP contribution in [0.15, 0.2) is 24.3 Å². The molecule has 4 aliphatic carbocycles. The molecule has 0 spiro atoms. The molecule has 1 aromatic rings. The summed E-state index contributed by atoms with van der Waals surface area (Å²) in [5.41, 5.74) is 6.87. The monoisotopic (exact) mass is 592 g/mol. The van der Waals surface area contributed by atoms with E-state index in [9.17, 15) is 32.3 Å². The molecular weight excluding hydrogens is 553 g/mol. The second-order valence-corrected chi connectivity index (χ2v) is 12.4. The number of nitrogen functional groups attached to an aromatic ring is 1. The normalized spacial score (nSPS) is 25.0. The molecule has 0 unspecified atom stereocenters. The molecule has 0 aliphatic heterocycles. The van der Waals surface area contributed by atoms with Gasteiger partial charge in [-0.1, -0.05) is 24.3 Å². The topological polar surface area (TPSA) is 151 Å². The zero-order chi connectivity index (χ0) is 30.5. The Bertz CT molecular complexity index is 1150. The van der Waals surface area contributed by atoms with Crippen molar-refractivity contribution in [2.45, 2.75) is 89.3 Å². The van der Waals surface area contributed by atoms with E-state index < -0.39 is 30.6 Å². The van der Waals surface area contributed by atoms with Gasteiger partial charge in [0.25, 0.3) is 0 Å². The molecule has 4 aliphatic rings. The predicted octanol–water partition coefficient (Wildman–Crippen LogP) is 3.91. The van der Waals surface area contributed by atoms with Crippen LogP contribution in [-0.2, 0) is 30.3 Å². The first-order chi connectivity index (χ1) is 19.8. The van der Waals surface area contributed by atoms with Crippen LogP contribution in [0.5, 0.6) is 0 Å². The van der Waals surface area contributed by atoms with Crippen LogP contribution in [0, 0.1) is 28.6 Å². The van der Waals surface area contributed by atoms with Gasteiger partial charge in [-0.2, -0.15) is 13.2 Å². The summed E-state index contributed by atoms with van der Waals surface area (Å²) < 4.78 is 41.6. The summed E-state index contributed by atoms with van der Waals surface area (Å²) in [6.07, 6.45) is 3.00. The van der Waals surface area contributed by atoms with E-state index in [0.29, 0.717) is 12.0 Å². The number of esters is 2. The SMILES string of the molecule is N=C(N)c1ccc(CC(=O)NCCC[C@@H](CC(=O)OC(=O)C(F)(F)F)NC(=O)CCC23CC4CC(CC(C4)C2)C3)cc1. The van der Waals surface area contributed by atoms with Crippen molar-refractivity contribution in [2.24, 2.45) is 28.9 Å². The Labute approximate surface area is 243 Å². The minimum atomic E-state index is -5.30. The first-order valence-corrected chi connectivity index (χ1v) is 14.6. The van der Waals surface area contributed by atoms with Crippen molar-refractivity contribution in [1.82, 2.24) is 10.6 Å². The molecule has 0 heterocycles. The molecule has 4 saturated carbocycles. The van der Waals surface area contributed by atoms with E-state index >= 15 is 0 Å². The van der Waals surface area contributed by atoms with Crippen LogP contribution in [0.1, 0.15) is 81.8 Å². The summed E-state index contributed by atoms with van der Waals surface area (Å²) in [6.45, 7) is 0.209. The van der Waals surface area contributed by atoms with Crippen molar-refractivity contribution in [3.63, 3.8) is 0 Å². The average molecular weight is 593 g/mol. The number of benzene rings is 1. The lowest BCUT2D eigenvalue weighted by atomic mass is 9.48. The predicted molar refractivity (Wildman–Crippen MR) is 147 cm³/mol. The summed E-state index contributed by atoms with van der Waals surface area (Å²) in [4.78, 5) is 48.5. The van der Waals surface area contributed by atoms with Gasteiger partial charge in [-0.05, 0) is 86.5 Å². The second-order valence-electron chi connectivity index (χ2n) is 12.4. The number of halogens is 3. The highest BCUT2D eigenvalue weighted by atomic mass is 19.4. The summed E-state index contributed by atoms with van der Waals surface area (Å²) >= 11 is 0. The Morgan fingerprint density at radius 1 is 1.00 bits per heavy atom. The van der Waals surface area contributed by atoms with Gasteiger partial charge in [0.15, 0.2) is 0 Å². The smallest absolute Gasteiger partial charge is 0.386 e. The Morgan fingerprint density at radius 3 is 2.14 bits per heavy atom. The van der Waals surface area contributed by atoms with Gasteiger partial charge in [0, 0.05) is 24.6 Å². The van der Waals surface area contributed by atoms with E-state index in [-0.39, 0.29) is 48.9 Å². The highest BCUT2D eigenvalue weighted by molar-refractivity contribution is 5.95. The number of amidine groups is 1. The molecule has 4 fully saturated rings. The largest absolute Gasteiger partial charge is 0.491 e. The lowest BCUT2D eigenvalue weighted by Gasteiger charge is -2.57. The molecule has 4 bridgehead atoms. The minimum absolute atomic E-state index is 0.0768. The maximum absolute atomic E-state index is 12.9. The number of carbonyl (C=O) groups is 4. The molecule has 12 heteroatoms. The molecule has 1 atom stereocenters. The Hall–Kier alpha value is -3.44. The van der Waals surface area contributed by atoms with E-state index in [2.05, 4.69) is 15.4 Å². The molecule has 230 valence electrons. The summed E-state index contributed by atoms with van der Waals surface area (Å²) in [6, 6.07) is 5.82. The number of nitrogens with one attached hydrogen (secondary N) is 3. The highest BCUT2D eigenvalue weighted by Crippen LogP contribution is 2.61. The van der Waals surface area contributed by atoms with Crippen molar-refractivity contribution in [3.8, 4) is 0 Å². The Balaban J connectivity index is 1.26. The molecule has 5 N–H and O–H groups in total. The van der Waals surface area contributed by atoms with Gasteiger partial charge in [0.2, 0.25) is 11.8 Å². The van der Waals surface area contributed by atoms with Crippen LogP contribution in [0.4, 0.5) is 13.2 Å². The van der Waals surface area contributed by atoms with E-state index in [1.165, 1.54) is 19.3 Å². The van der Waals surface area contributed by atoms with Gasteiger partial charge in [-0.15, -0.1) is 0 Å². The number of hydrogen-bond acceptors (Lipinski definition) is 6. The fourth-order valence-corrected chi connectivity index (χ4v) is 7.53. The fourth-order valence-electron chi connectivity index (χ4n) is 7.53. The summed E-state index contributed by atoms with van der Waals surface area (Å²) in [5, 5.41) is 12.9. The zero-order valence-corrected chi connectivity index (χ0v) is 23.6. The van der Waals surface area contributed by atoms with Crippen LogP contribution in [0.2, 0.25) is 0 Å². The van der Waals surface area contributed by atoms with E-state index in [4.69, 9.17) is 11.1 Å². The fraction of sp³-hybridized carbons (Fsp3) is 0.633. The first-order valence-electron chi connectivity index (χ1n) is 14.6. The van der Waals surface area contributed by atoms with Crippen LogP contribution >= 0.6 is 0 Å². The van der Waals surface area contributed by atoms with Crippen molar-refractivity contribution in [3.05, 3.63) is 35.4 Å². The third-order valence-electron chi connectivity index (χ3n) is 8.94. The van der Waals surface area contributed by atoms with Crippen LogP contribution < -0.4 is 16.4 Å². The summed E-state index contributed by atoms with van der Waals surface area (Å²) in [7, 11) is 0. The quantitative estimate of drug-likeness (QED) is 0.0896.